The molecule has 6 N–H and O–H groups in total. The highest BCUT2D eigenvalue weighted by molar-refractivity contribution is 6.05. The minimum atomic E-state index is -0.840. The topological polar surface area (TPSA) is 156 Å². The number of hydrogen-bond acceptors (Lipinski definition) is 8. The molecule has 0 bridgehead atoms. The fourth-order valence-electron chi connectivity index (χ4n) is 2.08. The van der Waals surface area contributed by atoms with Crippen LogP contribution in [0.3, 0.4) is 0 Å². The summed E-state index contributed by atoms with van der Waals surface area (Å²) in [6, 6.07) is 4.24. The Labute approximate surface area is 135 Å². The van der Waals surface area contributed by atoms with Crippen LogP contribution >= 0.6 is 0 Å². The summed E-state index contributed by atoms with van der Waals surface area (Å²) in [5, 5.41) is 56.4. The van der Waals surface area contributed by atoms with E-state index < -0.39 is 46.1 Å². The number of carbonyl (C=O) groups excluding carboxylic acids is 2. The zero-order valence-corrected chi connectivity index (χ0v) is 12.2. The first kappa shape index (κ1) is 16.9. The fourth-order valence-corrected chi connectivity index (χ4v) is 2.08. The van der Waals surface area contributed by atoms with Crippen LogP contribution in [0.4, 0.5) is 0 Å². The molecule has 0 aromatic heterocycles. The molecule has 0 amide bonds. The number of phenols is 6. The molecule has 2 aromatic rings. The summed E-state index contributed by atoms with van der Waals surface area (Å²) in [6.45, 7) is 0. The smallest absolute Gasteiger partial charge is 0.201 e. The van der Waals surface area contributed by atoms with E-state index in [4.69, 9.17) is 0 Å². The maximum atomic E-state index is 12.0. The van der Waals surface area contributed by atoms with Crippen LogP contribution in [-0.2, 0) is 0 Å². The molecule has 0 spiro atoms. The van der Waals surface area contributed by atoms with Crippen LogP contribution in [0, 0.1) is 0 Å². The van der Waals surface area contributed by atoms with E-state index in [1.807, 2.05) is 0 Å². The van der Waals surface area contributed by atoms with E-state index in [1.165, 1.54) is 0 Å². The Morgan fingerprint density at radius 2 is 0.917 bits per heavy atom. The highest BCUT2D eigenvalue weighted by atomic mass is 16.3. The Morgan fingerprint density at radius 1 is 0.583 bits per heavy atom. The van der Waals surface area contributed by atoms with E-state index in [9.17, 15) is 40.2 Å². The van der Waals surface area contributed by atoms with Crippen molar-refractivity contribution in [2.45, 2.75) is 12.8 Å². The number of ketones is 2. The van der Waals surface area contributed by atoms with Crippen molar-refractivity contribution in [3.05, 3.63) is 35.4 Å². The summed E-state index contributed by atoms with van der Waals surface area (Å²) >= 11 is 0. The number of phenolic OH excluding ortho intramolecular Hbond substituents is 6. The van der Waals surface area contributed by atoms with Gasteiger partial charge in [0.05, 0.1) is 11.1 Å². The van der Waals surface area contributed by atoms with Crippen molar-refractivity contribution in [3.63, 3.8) is 0 Å². The van der Waals surface area contributed by atoms with Crippen LogP contribution in [-0.4, -0.2) is 42.2 Å². The van der Waals surface area contributed by atoms with E-state index in [-0.39, 0.29) is 24.0 Å². The number of carbonyl (C=O) groups is 2. The molecular formula is C16H14O8. The third-order valence-corrected chi connectivity index (χ3v) is 3.44. The van der Waals surface area contributed by atoms with Crippen molar-refractivity contribution < 1.29 is 40.2 Å². The van der Waals surface area contributed by atoms with Gasteiger partial charge in [-0.1, -0.05) is 0 Å². The second-order valence-corrected chi connectivity index (χ2v) is 5.01. The van der Waals surface area contributed by atoms with Gasteiger partial charge in [0.25, 0.3) is 0 Å². The van der Waals surface area contributed by atoms with Crippen molar-refractivity contribution in [1.29, 1.82) is 0 Å². The Kier molecular flexibility index (Phi) is 4.50. The molecule has 0 aliphatic heterocycles. The Morgan fingerprint density at radius 3 is 1.25 bits per heavy atom. The SMILES string of the molecule is O=C(CCC(=O)c1ccc(O)c(O)c1O)c1ccc(O)c(O)c1O. The van der Waals surface area contributed by atoms with Crippen LogP contribution in [0.1, 0.15) is 33.6 Å². The molecular weight excluding hydrogens is 320 g/mol. The first-order valence-corrected chi connectivity index (χ1v) is 6.78. The number of benzene rings is 2. The maximum Gasteiger partial charge on any atom is 0.201 e. The largest absolute Gasteiger partial charge is 0.504 e. The lowest BCUT2D eigenvalue weighted by Crippen LogP contribution is -2.06. The normalized spacial score (nSPS) is 10.5. The van der Waals surface area contributed by atoms with Crippen LogP contribution in [0.2, 0.25) is 0 Å². The van der Waals surface area contributed by atoms with Crippen molar-refractivity contribution >= 4 is 11.6 Å². The molecule has 126 valence electrons. The molecule has 0 aliphatic rings. The molecule has 0 heterocycles. The van der Waals surface area contributed by atoms with Gasteiger partial charge in [-0.2, -0.15) is 0 Å². The lowest BCUT2D eigenvalue weighted by atomic mass is 9.99. The summed E-state index contributed by atoms with van der Waals surface area (Å²) < 4.78 is 0. The Balaban J connectivity index is 2.14. The van der Waals surface area contributed by atoms with Gasteiger partial charge in [-0.05, 0) is 24.3 Å². The summed E-state index contributed by atoms with van der Waals surface area (Å²) in [5.41, 5.74) is -0.535. The monoisotopic (exact) mass is 334 g/mol. The molecule has 2 aromatic carbocycles. The van der Waals surface area contributed by atoms with Crippen LogP contribution in [0.5, 0.6) is 34.5 Å². The molecule has 0 saturated heterocycles. The lowest BCUT2D eigenvalue weighted by Gasteiger charge is -2.08. The maximum absolute atomic E-state index is 12.0. The fraction of sp³-hybridized carbons (Fsp3) is 0.125. The summed E-state index contributed by atoms with van der Waals surface area (Å²) in [6.07, 6.45) is -0.699. The lowest BCUT2D eigenvalue weighted by molar-refractivity contribution is 0.0913. The van der Waals surface area contributed by atoms with E-state index >= 15 is 0 Å². The standard InChI is InChI=1S/C16H14O8/c17-9(7-1-3-11(19)15(23)13(7)21)5-6-10(18)8-2-4-12(20)16(24)14(8)22/h1-4,19-24H,5-6H2. The van der Waals surface area contributed by atoms with Gasteiger partial charge in [0, 0.05) is 12.8 Å². The first-order valence-electron chi connectivity index (χ1n) is 6.78. The zero-order valence-electron chi connectivity index (χ0n) is 12.2. The highest BCUT2D eigenvalue weighted by Crippen LogP contribution is 2.39. The number of rotatable bonds is 5. The van der Waals surface area contributed by atoms with Gasteiger partial charge >= 0.3 is 0 Å². The molecule has 24 heavy (non-hydrogen) atoms. The first-order chi connectivity index (χ1) is 11.2. The second-order valence-electron chi connectivity index (χ2n) is 5.01. The van der Waals surface area contributed by atoms with Gasteiger partial charge in [0.2, 0.25) is 11.5 Å². The van der Waals surface area contributed by atoms with Gasteiger partial charge in [0.1, 0.15) is 0 Å². The Bertz CT molecular complexity index is 756. The van der Waals surface area contributed by atoms with Crippen LogP contribution in [0.25, 0.3) is 0 Å². The molecule has 0 unspecified atom stereocenters. The van der Waals surface area contributed by atoms with Gasteiger partial charge in [0.15, 0.2) is 34.6 Å². The minimum Gasteiger partial charge on any atom is -0.504 e. The van der Waals surface area contributed by atoms with Gasteiger partial charge < -0.3 is 30.6 Å². The molecule has 0 radical (unpaired) electrons. The average Bonchev–Trinajstić information content (AvgIpc) is 2.55. The summed E-state index contributed by atoms with van der Waals surface area (Å²) in [5.74, 6) is -5.79. The summed E-state index contributed by atoms with van der Waals surface area (Å²) in [7, 11) is 0. The van der Waals surface area contributed by atoms with Gasteiger partial charge in [-0.3, -0.25) is 9.59 Å². The van der Waals surface area contributed by atoms with E-state index in [2.05, 4.69) is 0 Å². The molecule has 0 atom stereocenters. The van der Waals surface area contributed by atoms with Gasteiger partial charge in [-0.25, -0.2) is 0 Å². The van der Waals surface area contributed by atoms with Crippen LogP contribution < -0.4 is 0 Å². The number of Topliss-reactive ketones (excluding diaryl/α,β-unsaturated/α-hetero) is 2. The predicted octanol–water partition coefficient (Wildman–Crippen LogP) is 1.77. The second kappa shape index (κ2) is 6.37. The molecule has 0 aliphatic carbocycles. The quantitative estimate of drug-likeness (QED) is 0.357. The van der Waals surface area contributed by atoms with E-state index in [0.717, 1.165) is 24.3 Å². The average molecular weight is 334 g/mol. The van der Waals surface area contributed by atoms with Crippen molar-refractivity contribution in [3.8, 4) is 34.5 Å². The highest BCUT2D eigenvalue weighted by Gasteiger charge is 2.21. The summed E-state index contributed by atoms with van der Waals surface area (Å²) in [4.78, 5) is 24.0. The van der Waals surface area contributed by atoms with Crippen molar-refractivity contribution in [2.75, 3.05) is 0 Å². The molecule has 8 nitrogen and oxygen atoms in total. The van der Waals surface area contributed by atoms with Gasteiger partial charge in [-0.15, -0.1) is 0 Å². The molecule has 2 rings (SSSR count). The number of hydrogen-bond donors (Lipinski definition) is 6. The predicted molar refractivity (Wildman–Crippen MR) is 80.8 cm³/mol. The zero-order chi connectivity index (χ0) is 18.0. The molecule has 0 fully saturated rings. The number of aromatic hydroxyl groups is 6. The minimum absolute atomic E-state index is 0.268. The van der Waals surface area contributed by atoms with E-state index in [1.54, 1.807) is 0 Å². The third-order valence-electron chi connectivity index (χ3n) is 3.44. The van der Waals surface area contributed by atoms with Crippen LogP contribution in [0.15, 0.2) is 24.3 Å². The molecule has 0 saturated carbocycles. The third kappa shape index (κ3) is 3.02. The Hall–Kier alpha value is -3.42. The molecule has 8 heteroatoms. The van der Waals surface area contributed by atoms with Crippen molar-refractivity contribution in [2.24, 2.45) is 0 Å². The van der Waals surface area contributed by atoms with Crippen molar-refractivity contribution in [1.82, 2.24) is 0 Å². The van der Waals surface area contributed by atoms with E-state index in [0.29, 0.717) is 0 Å².